The number of hydrogen-bond acceptors (Lipinski definition) is 10. The van der Waals surface area contributed by atoms with E-state index in [9.17, 15) is 24.0 Å². The molecule has 5 rings (SSSR count). The number of aromatic nitrogens is 2. The van der Waals surface area contributed by atoms with E-state index in [2.05, 4.69) is 28.9 Å². The summed E-state index contributed by atoms with van der Waals surface area (Å²) in [5.74, 6) is -2.82. The molecule has 0 unspecified atom stereocenters. The molecule has 14 heteroatoms. The van der Waals surface area contributed by atoms with Gasteiger partial charge in [-0.25, -0.2) is 0 Å². The fourth-order valence-corrected chi connectivity index (χ4v) is 4.24. The summed E-state index contributed by atoms with van der Waals surface area (Å²) in [5, 5.41) is 2.58. The van der Waals surface area contributed by atoms with E-state index < -0.39 is 42.8 Å². The van der Waals surface area contributed by atoms with E-state index in [0.717, 1.165) is 11.1 Å². The van der Waals surface area contributed by atoms with E-state index in [4.69, 9.17) is 18.6 Å². The van der Waals surface area contributed by atoms with Crippen molar-refractivity contribution in [2.75, 3.05) is 5.32 Å². The third kappa shape index (κ3) is 7.21. The van der Waals surface area contributed by atoms with Crippen molar-refractivity contribution in [2.45, 2.75) is 45.4 Å². The number of amides is 1. The molecule has 1 aromatic heterocycles. The standard InChI is InChI=1S/C14H16BNO5.C13H13BN2O4/c1-10-6-3-4-7-11(10)16-14(19)15(2)20-12(17)8-5-9-13(18)21-15;1-14(19-11(17)7-4-8-12(18)20-14)13-15-9-5-2-3-6-10(9)16-13/h3-4,6-7H,2,5,8-9H2,1H3,(H,16,19);2-3,5-6H,1,4,7-8H2,(H,15,16). The number of anilines is 1. The molecule has 0 radical (unpaired) electrons. The first-order valence-corrected chi connectivity index (χ1v) is 13.2. The molecule has 0 aliphatic carbocycles. The molecule has 41 heavy (non-hydrogen) atoms. The first kappa shape index (κ1) is 29.1. The van der Waals surface area contributed by atoms with Crippen molar-refractivity contribution in [3.63, 3.8) is 0 Å². The zero-order chi connectivity index (χ0) is 29.6. The van der Waals surface area contributed by atoms with Crippen molar-refractivity contribution in [3.05, 3.63) is 67.7 Å². The van der Waals surface area contributed by atoms with E-state index in [1.54, 1.807) is 18.2 Å². The summed E-state index contributed by atoms with van der Waals surface area (Å²) in [6.07, 6.45) is 1.23. The molecular weight excluding hydrogens is 532 g/mol. The molecule has 2 aromatic carbocycles. The molecule has 2 saturated heterocycles. The normalized spacial score (nSPS) is 18.5. The van der Waals surface area contributed by atoms with Gasteiger partial charge in [0, 0.05) is 31.4 Å². The third-order valence-electron chi connectivity index (χ3n) is 6.44. The second kappa shape index (κ2) is 12.1. The Kier molecular flexibility index (Phi) is 8.60. The zero-order valence-electron chi connectivity index (χ0n) is 22.6. The van der Waals surface area contributed by atoms with Gasteiger partial charge in [-0.1, -0.05) is 30.3 Å². The number of carbonyl (C=O) groups excluding carboxylic acids is 5. The van der Waals surface area contributed by atoms with Crippen LogP contribution in [-0.4, -0.2) is 52.8 Å². The van der Waals surface area contributed by atoms with Gasteiger partial charge >= 0.3 is 13.1 Å². The third-order valence-corrected chi connectivity index (χ3v) is 6.44. The maximum absolute atomic E-state index is 12.3. The fraction of sp³-hybridized carbons (Fsp3) is 0.259. The molecule has 0 spiro atoms. The minimum atomic E-state index is -2.94. The van der Waals surface area contributed by atoms with Crippen molar-refractivity contribution in [1.82, 2.24) is 9.97 Å². The monoisotopic (exact) mass is 561 g/mol. The van der Waals surface area contributed by atoms with Gasteiger partial charge < -0.3 is 33.7 Å². The molecule has 212 valence electrons. The van der Waals surface area contributed by atoms with Crippen LogP contribution in [0.25, 0.3) is 11.0 Å². The van der Waals surface area contributed by atoms with E-state index in [1.807, 2.05) is 37.3 Å². The number of nitrogens with zero attached hydrogens (tertiary/aromatic N) is 1. The van der Waals surface area contributed by atoms with E-state index in [1.165, 1.54) is 0 Å². The minimum Gasteiger partial charge on any atom is -0.611 e. The lowest BCUT2D eigenvalue weighted by Gasteiger charge is -2.31. The zero-order valence-corrected chi connectivity index (χ0v) is 22.6. The van der Waals surface area contributed by atoms with Gasteiger partial charge in [-0.2, -0.15) is 0 Å². The summed E-state index contributed by atoms with van der Waals surface area (Å²) in [6.45, 7) is 3.67. The number of imidazole rings is 1. The molecule has 12 nitrogen and oxygen atoms in total. The van der Waals surface area contributed by atoms with Gasteiger partial charge in [0.2, 0.25) is 5.81 Å². The SMILES string of the molecule is [CH2+][B-]1(C(=O)Nc2ccccc2C)OC(=O)CCCC(=O)O1.[CH2+][B-]1(c2nc3ccccc3[nH]2)OC(=O)CCCC(=O)O1. The minimum absolute atomic E-state index is 0.0613. The summed E-state index contributed by atoms with van der Waals surface area (Å²) < 4.78 is 20.4. The number of fused-ring (bicyclic) bond motifs is 1. The lowest BCUT2D eigenvalue weighted by molar-refractivity contribution is -0.145. The number of rotatable bonds is 3. The van der Waals surface area contributed by atoms with Crippen LogP contribution in [0.1, 0.15) is 44.1 Å². The smallest absolute Gasteiger partial charge is 0.611 e. The molecule has 1 amide bonds. The quantitative estimate of drug-likeness (QED) is 0.359. The van der Waals surface area contributed by atoms with Crippen molar-refractivity contribution in [2.24, 2.45) is 0 Å². The van der Waals surface area contributed by atoms with E-state index >= 15 is 0 Å². The summed E-state index contributed by atoms with van der Waals surface area (Å²) in [5.41, 5.74) is 3.09. The van der Waals surface area contributed by atoms with E-state index in [0.29, 0.717) is 24.0 Å². The molecule has 3 aromatic rings. The van der Waals surface area contributed by atoms with Gasteiger partial charge in [-0.05, 0) is 57.2 Å². The van der Waals surface area contributed by atoms with Gasteiger partial charge in [0.1, 0.15) is 0 Å². The Morgan fingerprint density at radius 1 is 0.805 bits per heavy atom. The van der Waals surface area contributed by atoms with Crippen molar-refractivity contribution < 1.29 is 42.6 Å². The van der Waals surface area contributed by atoms with Crippen LogP contribution in [0.2, 0.25) is 0 Å². The average Bonchev–Trinajstić information content (AvgIpc) is 3.34. The summed E-state index contributed by atoms with van der Waals surface area (Å²) >= 11 is 0. The number of H-pyrrole nitrogens is 1. The highest BCUT2D eigenvalue weighted by Gasteiger charge is 2.49. The Morgan fingerprint density at radius 3 is 1.88 bits per heavy atom. The van der Waals surface area contributed by atoms with Gasteiger partial charge in [-0.15, -0.1) is 0 Å². The fourth-order valence-electron chi connectivity index (χ4n) is 4.24. The largest absolute Gasteiger partial charge is 0.637 e. The molecule has 0 atom stereocenters. The first-order valence-electron chi connectivity index (χ1n) is 13.2. The highest BCUT2D eigenvalue weighted by Crippen LogP contribution is 2.20. The number of aromatic amines is 1. The number of hydrogen-bond donors (Lipinski definition) is 2. The highest BCUT2D eigenvalue weighted by atomic mass is 16.7. The maximum atomic E-state index is 12.3. The topological polar surface area (TPSA) is 163 Å². The van der Waals surface area contributed by atoms with E-state index in [-0.39, 0.29) is 31.4 Å². The number of carbonyl (C=O) groups is 5. The predicted octanol–water partition coefficient (Wildman–Crippen LogP) is 3.05. The summed E-state index contributed by atoms with van der Waals surface area (Å²) in [6, 6.07) is 14.4. The van der Waals surface area contributed by atoms with Crippen molar-refractivity contribution >= 4 is 65.2 Å². The molecule has 2 N–H and O–H groups in total. The second-order valence-electron chi connectivity index (χ2n) is 9.85. The Bertz CT molecular complexity index is 1420. The van der Waals surface area contributed by atoms with Gasteiger partial charge in [-0.3, -0.25) is 24.2 Å². The van der Waals surface area contributed by atoms with Crippen LogP contribution in [0, 0.1) is 20.6 Å². The number of aryl methyl sites for hydroxylation is 1. The van der Waals surface area contributed by atoms with Crippen LogP contribution in [0.15, 0.2) is 48.5 Å². The van der Waals surface area contributed by atoms with Crippen LogP contribution in [0.4, 0.5) is 10.5 Å². The van der Waals surface area contributed by atoms with Crippen molar-refractivity contribution in [3.8, 4) is 0 Å². The summed E-state index contributed by atoms with van der Waals surface area (Å²) in [7, 11) is 0. The first-order chi connectivity index (χ1) is 19.5. The predicted molar refractivity (Wildman–Crippen MR) is 150 cm³/mol. The number of para-hydroxylation sites is 3. The van der Waals surface area contributed by atoms with Gasteiger partial charge in [0.15, 0.2) is 0 Å². The van der Waals surface area contributed by atoms with Crippen LogP contribution in [0.5, 0.6) is 0 Å². The van der Waals surface area contributed by atoms with Crippen molar-refractivity contribution in [1.29, 1.82) is 0 Å². The van der Waals surface area contributed by atoms with Gasteiger partial charge in [0.25, 0.3) is 23.9 Å². The maximum Gasteiger partial charge on any atom is 0.637 e. The van der Waals surface area contributed by atoms with Crippen LogP contribution >= 0.6 is 0 Å². The van der Waals surface area contributed by atoms with Crippen LogP contribution in [0.3, 0.4) is 0 Å². The Balaban J connectivity index is 0.000000189. The molecular formula is C27H29B2N3O9. The highest BCUT2D eigenvalue weighted by molar-refractivity contribution is 7.01. The lowest BCUT2D eigenvalue weighted by Crippen LogP contribution is -2.56. The van der Waals surface area contributed by atoms with Crippen LogP contribution < -0.4 is 11.0 Å². The average molecular weight is 561 g/mol. The molecule has 0 saturated carbocycles. The number of nitrogens with one attached hydrogen (secondary N) is 2. The van der Waals surface area contributed by atoms with Crippen LogP contribution in [-0.2, 0) is 37.8 Å². The second-order valence-corrected chi connectivity index (χ2v) is 9.85. The van der Waals surface area contributed by atoms with Gasteiger partial charge in [0.05, 0.1) is 16.8 Å². The molecule has 2 fully saturated rings. The Morgan fingerprint density at radius 2 is 1.32 bits per heavy atom. The summed E-state index contributed by atoms with van der Waals surface area (Å²) in [4.78, 5) is 66.1. The lowest BCUT2D eigenvalue weighted by atomic mass is 9.58. The molecule has 3 heterocycles. The molecule has 2 aliphatic rings. The Hall–Kier alpha value is -4.87. The number of benzene rings is 2. The molecule has 0 bridgehead atoms. The Labute approximate surface area is 236 Å². The molecule has 2 aliphatic heterocycles.